The Labute approximate surface area is 156 Å². The SMILES string of the molecule is CC(C)(C)C1OCCCC1CN=C(N)N1CCN(c2ncccn2)CC1. The third kappa shape index (κ3) is 4.63. The highest BCUT2D eigenvalue weighted by atomic mass is 16.5. The minimum atomic E-state index is 0.136. The molecule has 0 radical (unpaired) electrons. The van der Waals surface area contributed by atoms with Gasteiger partial charge in [0.25, 0.3) is 0 Å². The summed E-state index contributed by atoms with van der Waals surface area (Å²) in [6.45, 7) is 11.7. The average molecular weight is 361 g/mol. The van der Waals surface area contributed by atoms with Crippen molar-refractivity contribution in [2.75, 3.05) is 44.2 Å². The lowest BCUT2D eigenvalue weighted by atomic mass is 9.78. The summed E-state index contributed by atoms with van der Waals surface area (Å²) in [6, 6.07) is 1.84. The molecular weight excluding hydrogens is 328 g/mol. The van der Waals surface area contributed by atoms with Gasteiger partial charge in [-0.05, 0) is 24.3 Å². The van der Waals surface area contributed by atoms with Crippen LogP contribution in [-0.2, 0) is 4.74 Å². The molecule has 2 N–H and O–H groups in total. The van der Waals surface area contributed by atoms with E-state index in [0.717, 1.165) is 58.1 Å². The predicted octanol–water partition coefficient (Wildman–Crippen LogP) is 1.75. The number of aromatic nitrogens is 2. The van der Waals surface area contributed by atoms with E-state index >= 15 is 0 Å². The standard InChI is InChI=1S/C19H32N6O/c1-19(2,3)16-15(6-4-13-26-16)14-23-17(20)24-9-11-25(12-10-24)18-21-7-5-8-22-18/h5,7-8,15-16H,4,6,9-14H2,1-3H3,(H2,20,23). The van der Waals surface area contributed by atoms with E-state index in [1.807, 2.05) is 6.07 Å². The largest absolute Gasteiger partial charge is 0.377 e. The second-order valence-corrected chi connectivity index (χ2v) is 8.28. The molecule has 2 aliphatic heterocycles. The van der Waals surface area contributed by atoms with E-state index in [1.165, 1.54) is 0 Å². The molecule has 2 atom stereocenters. The molecule has 2 saturated heterocycles. The highest BCUT2D eigenvalue weighted by molar-refractivity contribution is 5.78. The van der Waals surface area contributed by atoms with E-state index in [1.54, 1.807) is 12.4 Å². The number of hydrogen-bond donors (Lipinski definition) is 1. The fourth-order valence-corrected chi connectivity index (χ4v) is 3.89. The highest BCUT2D eigenvalue weighted by Crippen LogP contribution is 2.34. The Kier molecular flexibility index (Phi) is 5.96. The molecule has 1 aromatic rings. The Hall–Kier alpha value is -1.89. The smallest absolute Gasteiger partial charge is 0.225 e. The van der Waals surface area contributed by atoms with Crippen molar-refractivity contribution < 1.29 is 4.74 Å². The van der Waals surface area contributed by atoms with Crippen LogP contribution < -0.4 is 10.6 Å². The monoisotopic (exact) mass is 360 g/mol. The molecule has 0 aliphatic carbocycles. The van der Waals surface area contributed by atoms with Crippen molar-refractivity contribution in [3.63, 3.8) is 0 Å². The first-order chi connectivity index (χ1) is 12.4. The van der Waals surface area contributed by atoms with E-state index in [-0.39, 0.29) is 11.5 Å². The van der Waals surface area contributed by atoms with Crippen LogP contribution in [0.3, 0.4) is 0 Å². The Morgan fingerprint density at radius 3 is 2.58 bits per heavy atom. The number of piperazine rings is 1. The molecule has 3 heterocycles. The molecule has 0 bridgehead atoms. The molecule has 0 spiro atoms. The molecule has 144 valence electrons. The van der Waals surface area contributed by atoms with Crippen LogP contribution in [-0.4, -0.2) is 66.3 Å². The van der Waals surface area contributed by atoms with Crippen molar-refractivity contribution in [2.45, 2.75) is 39.7 Å². The third-order valence-corrected chi connectivity index (χ3v) is 5.22. The number of rotatable bonds is 3. The van der Waals surface area contributed by atoms with Gasteiger partial charge in [0.15, 0.2) is 5.96 Å². The zero-order valence-corrected chi connectivity index (χ0v) is 16.3. The number of nitrogens with zero attached hydrogens (tertiary/aromatic N) is 5. The van der Waals surface area contributed by atoms with Crippen LogP contribution in [0.25, 0.3) is 0 Å². The lowest BCUT2D eigenvalue weighted by Gasteiger charge is -2.40. The quantitative estimate of drug-likeness (QED) is 0.653. The van der Waals surface area contributed by atoms with Gasteiger partial charge in [-0.3, -0.25) is 4.99 Å². The van der Waals surface area contributed by atoms with Crippen LogP contribution >= 0.6 is 0 Å². The van der Waals surface area contributed by atoms with Gasteiger partial charge >= 0.3 is 0 Å². The minimum Gasteiger partial charge on any atom is -0.377 e. The number of ether oxygens (including phenoxy) is 1. The number of anilines is 1. The van der Waals surface area contributed by atoms with E-state index in [4.69, 9.17) is 15.5 Å². The summed E-state index contributed by atoms with van der Waals surface area (Å²) in [5, 5.41) is 0. The summed E-state index contributed by atoms with van der Waals surface area (Å²) in [5.74, 6) is 1.88. The minimum absolute atomic E-state index is 0.136. The Balaban J connectivity index is 1.54. The Bertz CT molecular complexity index is 592. The van der Waals surface area contributed by atoms with E-state index < -0.39 is 0 Å². The molecule has 26 heavy (non-hydrogen) atoms. The van der Waals surface area contributed by atoms with Crippen LogP contribution in [0.1, 0.15) is 33.6 Å². The molecule has 2 unspecified atom stereocenters. The average Bonchev–Trinajstić information content (AvgIpc) is 2.66. The van der Waals surface area contributed by atoms with Gasteiger partial charge < -0.3 is 20.3 Å². The number of hydrogen-bond acceptors (Lipinski definition) is 5. The highest BCUT2D eigenvalue weighted by Gasteiger charge is 2.35. The molecule has 0 aromatic carbocycles. The maximum atomic E-state index is 6.29. The number of guanidine groups is 1. The molecule has 0 saturated carbocycles. The molecule has 2 aliphatic rings. The second-order valence-electron chi connectivity index (χ2n) is 8.28. The zero-order valence-electron chi connectivity index (χ0n) is 16.3. The topological polar surface area (TPSA) is 79.9 Å². The summed E-state index contributed by atoms with van der Waals surface area (Å²) in [4.78, 5) is 17.7. The molecular formula is C19H32N6O. The van der Waals surface area contributed by atoms with Crippen molar-refractivity contribution in [3.8, 4) is 0 Å². The van der Waals surface area contributed by atoms with Crippen molar-refractivity contribution in [3.05, 3.63) is 18.5 Å². The van der Waals surface area contributed by atoms with Crippen molar-refractivity contribution in [1.29, 1.82) is 0 Å². The first kappa shape index (κ1) is 18.9. The van der Waals surface area contributed by atoms with Crippen molar-refractivity contribution in [1.82, 2.24) is 14.9 Å². The van der Waals surface area contributed by atoms with Gasteiger partial charge in [0.05, 0.1) is 6.10 Å². The molecule has 0 amide bonds. The number of nitrogens with two attached hydrogens (primary N) is 1. The fraction of sp³-hybridized carbons (Fsp3) is 0.737. The lowest BCUT2D eigenvalue weighted by molar-refractivity contribution is -0.0823. The molecule has 7 heteroatoms. The Morgan fingerprint density at radius 2 is 1.92 bits per heavy atom. The van der Waals surface area contributed by atoms with Gasteiger partial charge in [0, 0.05) is 57.6 Å². The zero-order chi connectivity index (χ0) is 18.6. The van der Waals surface area contributed by atoms with Gasteiger partial charge in [-0.2, -0.15) is 0 Å². The maximum absolute atomic E-state index is 6.29. The van der Waals surface area contributed by atoms with Crippen LogP contribution in [0.4, 0.5) is 5.95 Å². The molecule has 1 aromatic heterocycles. The third-order valence-electron chi connectivity index (χ3n) is 5.22. The Morgan fingerprint density at radius 1 is 1.23 bits per heavy atom. The summed E-state index contributed by atoms with van der Waals surface area (Å²) in [6.07, 6.45) is 6.09. The van der Waals surface area contributed by atoms with Gasteiger partial charge in [0.1, 0.15) is 0 Å². The van der Waals surface area contributed by atoms with Gasteiger partial charge in [0.2, 0.25) is 5.95 Å². The first-order valence-electron chi connectivity index (χ1n) is 9.63. The maximum Gasteiger partial charge on any atom is 0.225 e. The summed E-state index contributed by atoms with van der Waals surface area (Å²) >= 11 is 0. The van der Waals surface area contributed by atoms with Crippen molar-refractivity contribution in [2.24, 2.45) is 22.1 Å². The van der Waals surface area contributed by atoms with Gasteiger partial charge in [-0.15, -0.1) is 0 Å². The van der Waals surface area contributed by atoms with E-state index in [2.05, 4.69) is 40.5 Å². The first-order valence-corrected chi connectivity index (χ1v) is 9.63. The van der Waals surface area contributed by atoms with Crippen molar-refractivity contribution >= 4 is 11.9 Å². The number of aliphatic imine (C=N–C) groups is 1. The van der Waals surface area contributed by atoms with Crippen LogP contribution in [0.15, 0.2) is 23.5 Å². The van der Waals surface area contributed by atoms with Crippen LogP contribution in [0.5, 0.6) is 0 Å². The summed E-state index contributed by atoms with van der Waals surface area (Å²) in [5.41, 5.74) is 6.43. The molecule has 7 nitrogen and oxygen atoms in total. The fourth-order valence-electron chi connectivity index (χ4n) is 3.89. The predicted molar refractivity (Wildman–Crippen MR) is 104 cm³/mol. The normalized spacial score (nSPS) is 25.4. The van der Waals surface area contributed by atoms with Crippen LogP contribution in [0.2, 0.25) is 0 Å². The van der Waals surface area contributed by atoms with Crippen LogP contribution in [0, 0.1) is 11.3 Å². The lowest BCUT2D eigenvalue weighted by Crippen LogP contribution is -2.51. The van der Waals surface area contributed by atoms with E-state index in [0.29, 0.717) is 11.9 Å². The van der Waals surface area contributed by atoms with Gasteiger partial charge in [-0.1, -0.05) is 20.8 Å². The summed E-state index contributed by atoms with van der Waals surface area (Å²) in [7, 11) is 0. The second kappa shape index (κ2) is 8.20. The van der Waals surface area contributed by atoms with Gasteiger partial charge in [-0.25, -0.2) is 9.97 Å². The molecule has 2 fully saturated rings. The van der Waals surface area contributed by atoms with E-state index in [9.17, 15) is 0 Å². The molecule has 3 rings (SSSR count). The summed E-state index contributed by atoms with van der Waals surface area (Å²) < 4.78 is 6.05.